The van der Waals surface area contributed by atoms with Crippen molar-refractivity contribution < 1.29 is 10.2 Å². The van der Waals surface area contributed by atoms with E-state index in [1.165, 1.54) is 0 Å². The molecule has 2 aromatic rings. The van der Waals surface area contributed by atoms with Crippen molar-refractivity contribution in [1.29, 1.82) is 0 Å². The molecule has 74 valence electrons. The van der Waals surface area contributed by atoms with Gasteiger partial charge in [0.2, 0.25) is 11.8 Å². The van der Waals surface area contributed by atoms with Crippen molar-refractivity contribution in [1.82, 2.24) is 19.5 Å². The summed E-state index contributed by atoms with van der Waals surface area (Å²) in [7, 11) is 0. The molecule has 0 radical (unpaired) electrons. The molecule has 8 heteroatoms. The molecule has 2 rings (SSSR count). The standard InChI is InChI=1S/C6H6N4O3S/c11-2-1-7-6(13)10(2)3-4(12)9-5(14)8-3/h1,11-12H,(H,7,13)(H2,8,9,14). The fraction of sp³-hybridized carbons (Fsp3) is 0. The van der Waals surface area contributed by atoms with Gasteiger partial charge in [-0.2, -0.15) is 0 Å². The van der Waals surface area contributed by atoms with Gasteiger partial charge in [-0.15, -0.1) is 0 Å². The van der Waals surface area contributed by atoms with E-state index in [0.29, 0.717) is 0 Å². The van der Waals surface area contributed by atoms with Crippen LogP contribution in [0.5, 0.6) is 11.8 Å². The van der Waals surface area contributed by atoms with Crippen LogP contribution in [-0.4, -0.2) is 29.7 Å². The van der Waals surface area contributed by atoms with Crippen LogP contribution in [-0.2, 0) is 0 Å². The molecule has 0 spiro atoms. The summed E-state index contributed by atoms with van der Waals surface area (Å²) in [5.74, 6) is -0.638. The largest absolute Gasteiger partial charge is 0.493 e. The number of hydrogen-bond donors (Lipinski definition) is 5. The number of H-pyrrole nitrogens is 3. The number of nitrogens with one attached hydrogen (secondary N) is 3. The van der Waals surface area contributed by atoms with Gasteiger partial charge in [0.05, 0.1) is 6.20 Å². The highest BCUT2D eigenvalue weighted by Gasteiger charge is 2.13. The van der Waals surface area contributed by atoms with Crippen molar-refractivity contribution in [3.63, 3.8) is 0 Å². The maximum atomic E-state index is 11.2. The van der Waals surface area contributed by atoms with E-state index in [9.17, 15) is 15.0 Å². The minimum atomic E-state index is -0.581. The van der Waals surface area contributed by atoms with Crippen LogP contribution < -0.4 is 5.69 Å². The van der Waals surface area contributed by atoms with Crippen molar-refractivity contribution in [2.24, 2.45) is 0 Å². The number of aromatic amines is 3. The lowest BCUT2D eigenvalue weighted by atomic mass is 10.6. The summed E-state index contributed by atoms with van der Waals surface area (Å²) in [6.45, 7) is 0. The summed E-state index contributed by atoms with van der Waals surface area (Å²) in [5, 5.41) is 18.6. The van der Waals surface area contributed by atoms with Crippen LogP contribution in [0.2, 0.25) is 0 Å². The van der Waals surface area contributed by atoms with Gasteiger partial charge >= 0.3 is 5.69 Å². The number of nitrogens with zero attached hydrogens (tertiary/aromatic N) is 1. The van der Waals surface area contributed by atoms with Gasteiger partial charge in [-0.05, 0) is 12.2 Å². The van der Waals surface area contributed by atoms with Gasteiger partial charge < -0.3 is 25.2 Å². The van der Waals surface area contributed by atoms with Crippen molar-refractivity contribution in [3.05, 3.63) is 21.5 Å². The van der Waals surface area contributed by atoms with Gasteiger partial charge in [-0.25, -0.2) is 9.36 Å². The Labute approximate surface area is 81.7 Å². The first-order valence-electron chi connectivity index (χ1n) is 3.60. The normalized spacial score (nSPS) is 10.6. The topological polar surface area (TPSA) is 110 Å². The molecule has 0 saturated heterocycles. The molecule has 7 nitrogen and oxygen atoms in total. The Morgan fingerprint density at radius 2 is 2.07 bits per heavy atom. The van der Waals surface area contributed by atoms with Crippen molar-refractivity contribution >= 4 is 12.2 Å². The van der Waals surface area contributed by atoms with Gasteiger partial charge in [-0.3, -0.25) is 0 Å². The Hall–Kier alpha value is -1.96. The van der Waals surface area contributed by atoms with Crippen LogP contribution in [0, 0.1) is 4.77 Å². The van der Waals surface area contributed by atoms with Crippen LogP contribution in [0.25, 0.3) is 5.82 Å². The summed E-state index contributed by atoms with van der Waals surface area (Å²) >= 11 is 4.70. The third kappa shape index (κ3) is 1.12. The molecule has 2 heterocycles. The average Bonchev–Trinajstić information content (AvgIpc) is 2.57. The second-order valence-electron chi connectivity index (χ2n) is 2.56. The first kappa shape index (κ1) is 8.63. The summed E-state index contributed by atoms with van der Waals surface area (Å²) in [5.41, 5.74) is -0.581. The summed E-state index contributed by atoms with van der Waals surface area (Å²) in [4.78, 5) is 18.3. The molecule has 0 bridgehead atoms. The molecular formula is C6H6N4O3S. The zero-order valence-corrected chi connectivity index (χ0v) is 7.55. The Kier molecular flexibility index (Phi) is 1.71. The van der Waals surface area contributed by atoms with Crippen molar-refractivity contribution in [3.8, 4) is 17.6 Å². The summed E-state index contributed by atoms with van der Waals surface area (Å²) in [6.07, 6.45) is 1.10. The van der Waals surface area contributed by atoms with E-state index in [-0.39, 0.29) is 22.3 Å². The molecule has 5 N–H and O–H groups in total. The average molecular weight is 214 g/mol. The molecule has 0 atom stereocenters. The van der Waals surface area contributed by atoms with Gasteiger partial charge in [-0.1, -0.05) is 0 Å². The first-order chi connectivity index (χ1) is 6.59. The lowest BCUT2D eigenvalue weighted by Crippen LogP contribution is -2.14. The van der Waals surface area contributed by atoms with Gasteiger partial charge in [0.1, 0.15) is 0 Å². The number of aromatic hydroxyl groups is 2. The smallest absolute Gasteiger partial charge is 0.334 e. The Morgan fingerprint density at radius 3 is 2.50 bits per heavy atom. The predicted molar refractivity (Wildman–Crippen MR) is 49.3 cm³/mol. The van der Waals surface area contributed by atoms with E-state index in [4.69, 9.17) is 12.2 Å². The number of imidazole rings is 2. The van der Waals surface area contributed by atoms with Crippen LogP contribution in [0.4, 0.5) is 0 Å². The highest BCUT2D eigenvalue weighted by atomic mass is 32.1. The Morgan fingerprint density at radius 1 is 1.36 bits per heavy atom. The SMILES string of the molecule is O=c1[nH]cc(O)n1-c1[nH]c(=S)[nH]c1O. The minimum Gasteiger partial charge on any atom is -0.493 e. The Bertz CT molecular complexity index is 574. The second-order valence-corrected chi connectivity index (χ2v) is 2.97. The van der Waals surface area contributed by atoms with Gasteiger partial charge in [0.15, 0.2) is 10.6 Å². The first-order valence-corrected chi connectivity index (χ1v) is 4.01. The summed E-state index contributed by atoms with van der Waals surface area (Å²) < 4.78 is 1.01. The molecule has 0 unspecified atom stereocenters. The van der Waals surface area contributed by atoms with Crippen LogP contribution in [0.15, 0.2) is 11.0 Å². The molecule has 14 heavy (non-hydrogen) atoms. The van der Waals surface area contributed by atoms with Gasteiger partial charge in [0, 0.05) is 0 Å². The van der Waals surface area contributed by atoms with Crippen LogP contribution >= 0.6 is 12.2 Å². The predicted octanol–water partition coefficient (Wildman–Crippen LogP) is -0.0375. The molecule has 2 aromatic heterocycles. The van der Waals surface area contributed by atoms with Crippen molar-refractivity contribution in [2.45, 2.75) is 0 Å². The maximum Gasteiger partial charge on any atom is 0.334 e. The molecular weight excluding hydrogens is 208 g/mol. The fourth-order valence-corrected chi connectivity index (χ4v) is 1.30. The van der Waals surface area contributed by atoms with E-state index in [1.54, 1.807) is 0 Å². The minimum absolute atomic E-state index is 0.00116. The van der Waals surface area contributed by atoms with Gasteiger partial charge in [0.25, 0.3) is 0 Å². The zero-order chi connectivity index (χ0) is 10.3. The van der Waals surface area contributed by atoms with E-state index < -0.39 is 5.69 Å². The molecule has 0 fully saturated rings. The van der Waals surface area contributed by atoms with E-state index in [2.05, 4.69) is 15.0 Å². The summed E-state index contributed by atoms with van der Waals surface area (Å²) in [6, 6.07) is 0. The van der Waals surface area contributed by atoms with E-state index >= 15 is 0 Å². The molecule has 0 aliphatic carbocycles. The maximum absolute atomic E-state index is 11.2. The molecule has 0 amide bonds. The lowest BCUT2D eigenvalue weighted by Gasteiger charge is -1.97. The molecule has 0 saturated carbocycles. The number of rotatable bonds is 1. The molecule has 0 aliphatic rings. The highest BCUT2D eigenvalue weighted by molar-refractivity contribution is 7.71. The highest BCUT2D eigenvalue weighted by Crippen LogP contribution is 2.19. The monoisotopic (exact) mass is 214 g/mol. The van der Waals surface area contributed by atoms with E-state index in [0.717, 1.165) is 10.8 Å². The van der Waals surface area contributed by atoms with Crippen LogP contribution in [0.3, 0.4) is 0 Å². The molecule has 0 aliphatic heterocycles. The van der Waals surface area contributed by atoms with Crippen LogP contribution in [0.1, 0.15) is 0 Å². The third-order valence-electron chi connectivity index (χ3n) is 1.67. The fourth-order valence-electron chi connectivity index (χ4n) is 1.10. The Balaban J connectivity index is 2.77. The lowest BCUT2D eigenvalue weighted by molar-refractivity contribution is 0.426. The van der Waals surface area contributed by atoms with Crippen molar-refractivity contribution in [2.75, 3.05) is 0 Å². The number of aromatic nitrogens is 4. The third-order valence-corrected chi connectivity index (χ3v) is 1.87. The second kappa shape index (κ2) is 2.77. The van der Waals surface area contributed by atoms with E-state index in [1.807, 2.05) is 0 Å². The quantitative estimate of drug-likeness (QED) is 0.429. The molecule has 0 aromatic carbocycles. The number of hydrogen-bond acceptors (Lipinski definition) is 4. The zero-order valence-electron chi connectivity index (χ0n) is 6.74.